The number of phenols is 1. The smallest absolute Gasteiger partial charge is 0.193 e. The number of rotatable bonds is 31. The van der Waals surface area contributed by atoms with Crippen molar-refractivity contribution in [3.05, 3.63) is 200 Å². The zero-order valence-corrected chi connectivity index (χ0v) is 71.7. The fourth-order valence-electron chi connectivity index (χ4n) is 9.77. The van der Waals surface area contributed by atoms with E-state index >= 15 is 0 Å². The highest BCUT2D eigenvalue weighted by atomic mass is 32.1. The van der Waals surface area contributed by atoms with Crippen molar-refractivity contribution < 1.29 is 43.4 Å². The number of benzene rings is 6. The summed E-state index contributed by atoms with van der Waals surface area (Å²) in [5.74, 6) is 3.21. The first-order chi connectivity index (χ1) is 50.4. The summed E-state index contributed by atoms with van der Waals surface area (Å²) in [5.41, 5.74) is 11.0. The van der Waals surface area contributed by atoms with Crippen LogP contribution in [0.2, 0.25) is 0 Å². The van der Waals surface area contributed by atoms with E-state index in [9.17, 15) is 38.7 Å². The summed E-state index contributed by atoms with van der Waals surface area (Å²) in [6, 6.07) is 45.8. The van der Waals surface area contributed by atoms with Crippen molar-refractivity contribution in [1.82, 2.24) is 15.6 Å². The van der Waals surface area contributed by atoms with Crippen LogP contribution in [-0.4, -0.2) is 86.9 Å². The molecule has 0 aliphatic heterocycles. The molecule has 0 saturated heterocycles. The molecule has 0 unspecified atom stereocenters. The Balaban J connectivity index is 0.000000630. The van der Waals surface area contributed by atoms with Crippen LogP contribution in [0.25, 0.3) is 0 Å². The average molecular weight is 1500 g/mol. The lowest BCUT2D eigenvalue weighted by Crippen LogP contribution is -2.22. The van der Waals surface area contributed by atoms with Crippen LogP contribution < -0.4 is 31.3 Å². The number of hydrogen-bond acceptors (Lipinski definition) is 16. The summed E-state index contributed by atoms with van der Waals surface area (Å²) >= 11 is 1.47. The minimum Gasteiger partial charge on any atom is -0.506 e. The minimum absolute atomic E-state index is 0.0271. The van der Waals surface area contributed by atoms with Crippen LogP contribution in [0.4, 0.5) is 17.1 Å². The van der Waals surface area contributed by atoms with Crippen LogP contribution in [0.5, 0.6) is 11.5 Å². The summed E-state index contributed by atoms with van der Waals surface area (Å²) < 4.78 is 5.53. The van der Waals surface area contributed by atoms with E-state index in [1.807, 2.05) is 251 Å². The standard InChI is InChI=1S/3C14H21NO.C13H19NO2.C13H19NO.C13H18O2.C11H17NOS/c1-10(2)14(16)13-7-5-12(6-8-13)9-15-11(3)4;1-10(2)14(16)9-12-5-7-13(8-6-12)15-11(3)4;1-10(2)14(16)13-7-5-6-12(8-13)9-15-11(3)4;1-8(2)13(16)10-5-6-12(15)11(7-10)14-9(3)4;1-9(2)13(15)11-6-5-7-12(8-11)14-10(3)4;1-9(2)13(14)11-6-5-7-12(8-11)15-10(3)4;1-7(2)5-9-6-14-11(12-9)10(13)8(3)4/h3*5-8,10-11,15H,9H2,1-4H3;5-9,14-15H,1-4H3;5-10,14H,1-4H3;5-10H,1-4H3;6-8H,5H2,1-4H3. The third-order valence-corrected chi connectivity index (χ3v) is 16.6. The molecule has 1 aromatic heterocycles. The van der Waals surface area contributed by atoms with Crippen molar-refractivity contribution >= 4 is 68.9 Å². The second-order valence-corrected chi connectivity index (χ2v) is 32.6. The Morgan fingerprint density at radius 2 is 0.787 bits per heavy atom. The lowest BCUT2D eigenvalue weighted by atomic mass is 9.99. The number of phenolic OH excluding ortho intramolecular Hbond substituents is 1. The van der Waals surface area contributed by atoms with E-state index in [4.69, 9.17) is 4.74 Å². The summed E-state index contributed by atoms with van der Waals surface area (Å²) in [6.45, 7) is 57.5. The first kappa shape index (κ1) is 97.6. The molecule has 7 aromatic rings. The average Bonchev–Trinajstić information content (AvgIpc) is 1.11. The molecule has 0 aliphatic carbocycles. The molecule has 16 heteroatoms. The van der Waals surface area contributed by atoms with Crippen LogP contribution in [0.15, 0.2) is 145 Å². The number of ether oxygens (including phenoxy) is 1. The predicted octanol–water partition coefficient (Wildman–Crippen LogP) is 22.2. The molecule has 0 bridgehead atoms. The van der Waals surface area contributed by atoms with Crippen LogP contribution in [-0.2, 0) is 30.7 Å². The number of aromatic nitrogens is 1. The molecule has 0 radical (unpaired) electrons. The second-order valence-electron chi connectivity index (χ2n) is 31.7. The number of aromatic hydroxyl groups is 1. The number of thiazole rings is 1. The van der Waals surface area contributed by atoms with Gasteiger partial charge in [0.2, 0.25) is 0 Å². The highest BCUT2D eigenvalue weighted by Crippen LogP contribution is 2.27. The quantitative estimate of drug-likeness (QED) is 0.0176. The maximum Gasteiger partial charge on any atom is 0.193 e. The molecule has 6 aromatic carbocycles. The molecule has 108 heavy (non-hydrogen) atoms. The molecule has 0 aliphatic rings. The van der Waals surface area contributed by atoms with Gasteiger partial charge in [0.05, 0.1) is 17.5 Å². The van der Waals surface area contributed by atoms with E-state index in [0.717, 1.165) is 70.1 Å². The number of Topliss-reactive ketones (excluding diaryl/α,β-unsaturated/α-hetero) is 7. The van der Waals surface area contributed by atoms with Crippen molar-refractivity contribution in [1.29, 1.82) is 0 Å². The van der Waals surface area contributed by atoms with Gasteiger partial charge in [-0.15, -0.1) is 11.3 Å². The van der Waals surface area contributed by atoms with Gasteiger partial charge in [0.1, 0.15) is 17.3 Å². The Morgan fingerprint density at radius 1 is 0.380 bits per heavy atom. The van der Waals surface area contributed by atoms with Crippen LogP contribution in [0, 0.1) is 47.3 Å². The molecule has 0 spiro atoms. The third-order valence-electron chi connectivity index (χ3n) is 15.7. The van der Waals surface area contributed by atoms with Gasteiger partial charge in [0.15, 0.2) is 39.7 Å². The number of carbonyl (C=O) groups excluding carboxylic acids is 7. The van der Waals surface area contributed by atoms with Crippen LogP contribution >= 0.6 is 11.3 Å². The van der Waals surface area contributed by atoms with Crippen molar-refractivity contribution in [2.75, 3.05) is 16.0 Å². The fraction of sp³-hybridized carbons (Fsp3) is 0.500. The molecule has 0 atom stereocenters. The Bertz CT molecular complexity index is 3730. The molecule has 0 saturated carbocycles. The Hall–Kier alpha value is -8.44. The molecular formula is C92H136N6O9S. The van der Waals surface area contributed by atoms with Crippen LogP contribution in [0.1, 0.15) is 278 Å². The van der Waals surface area contributed by atoms with Gasteiger partial charge in [-0.2, -0.15) is 0 Å². The van der Waals surface area contributed by atoms with Gasteiger partial charge < -0.3 is 36.4 Å². The number of nitrogens with one attached hydrogen (secondary N) is 5. The monoisotopic (exact) mass is 1500 g/mol. The summed E-state index contributed by atoms with van der Waals surface area (Å²) in [7, 11) is 0. The molecule has 7 rings (SSSR count). The number of hydrogen-bond donors (Lipinski definition) is 6. The van der Waals surface area contributed by atoms with Crippen molar-refractivity contribution in [2.24, 2.45) is 47.3 Å². The molecule has 1 heterocycles. The molecule has 0 amide bonds. The highest BCUT2D eigenvalue weighted by Gasteiger charge is 2.18. The van der Waals surface area contributed by atoms with E-state index in [1.54, 1.807) is 18.2 Å². The zero-order chi connectivity index (χ0) is 82.2. The summed E-state index contributed by atoms with van der Waals surface area (Å²) in [4.78, 5) is 86.3. The number of ketones is 7. The lowest BCUT2D eigenvalue weighted by molar-refractivity contribution is -0.121. The number of anilines is 3. The van der Waals surface area contributed by atoms with Gasteiger partial charge in [-0.1, -0.05) is 217 Å². The minimum atomic E-state index is -0.0311. The van der Waals surface area contributed by atoms with Gasteiger partial charge in [0, 0.05) is 136 Å². The van der Waals surface area contributed by atoms with Gasteiger partial charge in [0.25, 0.3) is 0 Å². The topological polar surface area (TPSA) is 222 Å². The summed E-state index contributed by atoms with van der Waals surface area (Å²) in [6.07, 6.45) is 1.64. The van der Waals surface area contributed by atoms with E-state index < -0.39 is 0 Å². The lowest BCUT2D eigenvalue weighted by Gasteiger charge is -2.13. The van der Waals surface area contributed by atoms with Gasteiger partial charge in [-0.25, -0.2) is 4.98 Å². The van der Waals surface area contributed by atoms with Gasteiger partial charge in [-0.05, 0) is 145 Å². The first-order valence-electron chi connectivity index (χ1n) is 38.9. The molecule has 6 N–H and O–H groups in total. The third kappa shape index (κ3) is 40.7. The normalized spacial score (nSPS) is 11.0. The van der Waals surface area contributed by atoms with E-state index in [1.165, 1.54) is 22.5 Å². The highest BCUT2D eigenvalue weighted by molar-refractivity contribution is 7.11. The molecule has 594 valence electrons. The zero-order valence-electron chi connectivity index (χ0n) is 70.8. The maximum absolute atomic E-state index is 11.8. The van der Waals surface area contributed by atoms with Crippen molar-refractivity contribution in [3.8, 4) is 11.5 Å². The Kier molecular flexibility index (Phi) is 46.1. The first-order valence-corrected chi connectivity index (χ1v) is 39.8. The van der Waals surface area contributed by atoms with Gasteiger partial charge >= 0.3 is 0 Å². The van der Waals surface area contributed by atoms with Crippen molar-refractivity contribution in [2.45, 2.75) is 256 Å². The van der Waals surface area contributed by atoms with E-state index in [-0.39, 0.29) is 94.0 Å². The Labute approximate surface area is 655 Å². The number of carbonyl (C=O) groups is 7. The van der Waals surface area contributed by atoms with Crippen molar-refractivity contribution in [3.63, 3.8) is 0 Å². The Morgan fingerprint density at radius 3 is 1.23 bits per heavy atom. The second kappa shape index (κ2) is 51.0. The number of nitrogens with zero attached hydrogens (tertiary/aromatic N) is 1. The largest absolute Gasteiger partial charge is 0.506 e. The van der Waals surface area contributed by atoms with E-state index in [0.29, 0.717) is 58.5 Å². The van der Waals surface area contributed by atoms with Crippen LogP contribution in [0.3, 0.4) is 0 Å². The molecule has 15 nitrogen and oxygen atoms in total. The predicted molar refractivity (Wildman–Crippen MR) is 456 cm³/mol. The fourth-order valence-corrected chi connectivity index (χ4v) is 10.7. The van der Waals surface area contributed by atoms with Gasteiger partial charge in [-0.3, -0.25) is 33.6 Å². The SMILES string of the molecule is CC(C)Cc1csc(C(=O)C(C)C)n1.CC(C)NCc1ccc(C(=O)C(C)C)cc1.CC(C)NCc1cccc(C(=O)C(C)C)c1.CC(C)Nc1cc(C(=O)C(C)C)ccc1O.CC(C)Nc1ccc(CC(=O)C(C)C)cc1.CC(C)Nc1cccc(C(=O)C(C)C)c1.CC(C)Oc1cccc(C(=O)C(C)C)c1. The van der Waals surface area contributed by atoms with E-state index in [2.05, 4.69) is 101 Å². The maximum atomic E-state index is 11.8. The molecular weight excluding hydrogens is 1370 g/mol. The molecule has 0 fully saturated rings. The summed E-state index contributed by atoms with van der Waals surface area (Å²) in [5, 5.41) is 28.7.